The standard InChI is InChI=1S/C18H30N4O3/c1-14-16(15(2)25-20-14)12-21-8-10-22(11-9-21)17(23)18(13-24-3)4-6-19-7-5-18/h19H,4-13H2,1-3H3. The van der Waals surface area contributed by atoms with Crippen LogP contribution in [0, 0.1) is 19.3 Å². The van der Waals surface area contributed by atoms with Gasteiger partial charge in [0.05, 0.1) is 17.7 Å². The van der Waals surface area contributed by atoms with Crippen molar-refractivity contribution in [3.05, 3.63) is 17.0 Å². The fraction of sp³-hybridized carbons (Fsp3) is 0.778. The van der Waals surface area contributed by atoms with Crippen molar-refractivity contribution in [2.45, 2.75) is 33.2 Å². The van der Waals surface area contributed by atoms with Crippen LogP contribution < -0.4 is 5.32 Å². The number of amides is 1. The second kappa shape index (κ2) is 7.85. The van der Waals surface area contributed by atoms with Crippen LogP contribution in [0.25, 0.3) is 0 Å². The molecule has 7 heteroatoms. The summed E-state index contributed by atoms with van der Waals surface area (Å²) < 4.78 is 10.7. The van der Waals surface area contributed by atoms with Crippen molar-refractivity contribution in [1.82, 2.24) is 20.3 Å². The van der Waals surface area contributed by atoms with E-state index >= 15 is 0 Å². The molecule has 140 valence electrons. The Balaban J connectivity index is 1.58. The number of aryl methyl sites for hydroxylation is 2. The summed E-state index contributed by atoms with van der Waals surface area (Å²) in [5.41, 5.74) is 1.79. The van der Waals surface area contributed by atoms with Crippen LogP contribution in [0.4, 0.5) is 0 Å². The summed E-state index contributed by atoms with van der Waals surface area (Å²) in [6.45, 7) is 10.4. The molecule has 0 bridgehead atoms. The van der Waals surface area contributed by atoms with Crippen molar-refractivity contribution in [2.24, 2.45) is 5.41 Å². The zero-order valence-electron chi connectivity index (χ0n) is 15.6. The number of aromatic nitrogens is 1. The first-order valence-electron chi connectivity index (χ1n) is 9.19. The Bertz CT molecular complexity index is 562. The molecule has 1 N–H and O–H groups in total. The normalized spacial score (nSPS) is 21.5. The van der Waals surface area contributed by atoms with Crippen molar-refractivity contribution in [1.29, 1.82) is 0 Å². The molecule has 2 aliphatic rings. The molecule has 3 heterocycles. The monoisotopic (exact) mass is 350 g/mol. The van der Waals surface area contributed by atoms with Crippen LogP contribution in [-0.2, 0) is 16.1 Å². The van der Waals surface area contributed by atoms with Crippen LogP contribution in [0.15, 0.2) is 4.52 Å². The van der Waals surface area contributed by atoms with Crippen LogP contribution in [0.5, 0.6) is 0 Å². The van der Waals surface area contributed by atoms with Crippen LogP contribution >= 0.6 is 0 Å². The second-order valence-corrected chi connectivity index (χ2v) is 7.33. The molecule has 7 nitrogen and oxygen atoms in total. The highest BCUT2D eigenvalue weighted by molar-refractivity contribution is 5.83. The number of piperazine rings is 1. The maximum atomic E-state index is 13.2. The second-order valence-electron chi connectivity index (χ2n) is 7.33. The number of rotatable bonds is 5. The summed E-state index contributed by atoms with van der Waals surface area (Å²) in [5, 5.41) is 7.38. The quantitative estimate of drug-likeness (QED) is 0.853. The number of carbonyl (C=O) groups is 1. The number of hydrogen-bond donors (Lipinski definition) is 1. The summed E-state index contributed by atoms with van der Waals surface area (Å²) in [5.74, 6) is 1.16. The Kier molecular flexibility index (Phi) is 5.76. The van der Waals surface area contributed by atoms with Gasteiger partial charge in [0.25, 0.3) is 0 Å². The fourth-order valence-corrected chi connectivity index (χ4v) is 4.00. The highest BCUT2D eigenvalue weighted by atomic mass is 16.5. The molecule has 1 aromatic rings. The van der Waals surface area contributed by atoms with Gasteiger partial charge in [0.1, 0.15) is 5.76 Å². The topological polar surface area (TPSA) is 70.8 Å². The Morgan fingerprint density at radius 2 is 1.92 bits per heavy atom. The molecule has 0 radical (unpaired) electrons. The smallest absolute Gasteiger partial charge is 0.231 e. The molecule has 0 spiro atoms. The Morgan fingerprint density at radius 3 is 2.48 bits per heavy atom. The number of hydrogen-bond acceptors (Lipinski definition) is 6. The molecule has 0 unspecified atom stereocenters. The van der Waals surface area contributed by atoms with Crippen LogP contribution in [-0.4, -0.2) is 73.8 Å². The molecule has 0 atom stereocenters. The lowest BCUT2D eigenvalue weighted by Crippen LogP contribution is -2.56. The van der Waals surface area contributed by atoms with E-state index in [9.17, 15) is 4.79 Å². The van der Waals surface area contributed by atoms with Crippen molar-refractivity contribution >= 4 is 5.91 Å². The van der Waals surface area contributed by atoms with E-state index in [1.807, 2.05) is 18.7 Å². The minimum atomic E-state index is -0.343. The number of carbonyl (C=O) groups excluding carboxylic acids is 1. The molecule has 3 rings (SSSR count). The molecule has 0 aromatic carbocycles. The predicted octanol–water partition coefficient (Wildman–Crippen LogP) is 0.952. The van der Waals surface area contributed by atoms with E-state index in [2.05, 4.69) is 15.4 Å². The first-order chi connectivity index (χ1) is 12.1. The Morgan fingerprint density at radius 1 is 1.24 bits per heavy atom. The Labute approximate surface area is 149 Å². The maximum absolute atomic E-state index is 13.2. The summed E-state index contributed by atoms with van der Waals surface area (Å²) in [7, 11) is 1.69. The van der Waals surface area contributed by atoms with Crippen molar-refractivity contribution in [3.63, 3.8) is 0 Å². The van der Waals surface area contributed by atoms with Gasteiger partial charge in [0, 0.05) is 45.4 Å². The third-order valence-electron chi connectivity index (χ3n) is 5.66. The van der Waals surface area contributed by atoms with Gasteiger partial charge < -0.3 is 19.5 Å². The van der Waals surface area contributed by atoms with E-state index in [4.69, 9.17) is 9.26 Å². The third kappa shape index (κ3) is 3.88. The van der Waals surface area contributed by atoms with Gasteiger partial charge in [-0.15, -0.1) is 0 Å². The van der Waals surface area contributed by atoms with Crippen LogP contribution in [0.3, 0.4) is 0 Å². The molecule has 0 aliphatic carbocycles. The van der Waals surface area contributed by atoms with Gasteiger partial charge in [-0.1, -0.05) is 5.16 Å². The van der Waals surface area contributed by atoms with Crippen LogP contribution in [0.1, 0.15) is 29.9 Å². The van der Waals surface area contributed by atoms with E-state index in [-0.39, 0.29) is 11.3 Å². The molecule has 2 aliphatic heterocycles. The maximum Gasteiger partial charge on any atom is 0.231 e. The van der Waals surface area contributed by atoms with Gasteiger partial charge in [0.2, 0.25) is 5.91 Å². The van der Waals surface area contributed by atoms with E-state index in [0.717, 1.165) is 70.1 Å². The molecule has 1 aromatic heterocycles. The average molecular weight is 350 g/mol. The molecular formula is C18H30N4O3. The van der Waals surface area contributed by atoms with Crippen molar-refractivity contribution in [2.75, 3.05) is 53.0 Å². The van der Waals surface area contributed by atoms with Crippen molar-refractivity contribution in [3.8, 4) is 0 Å². The SMILES string of the molecule is COCC1(C(=O)N2CCN(Cc3c(C)noc3C)CC2)CCNCC1. The summed E-state index contributed by atoms with van der Waals surface area (Å²) in [6, 6.07) is 0. The molecule has 25 heavy (non-hydrogen) atoms. The lowest BCUT2D eigenvalue weighted by atomic mass is 9.78. The van der Waals surface area contributed by atoms with Gasteiger partial charge >= 0.3 is 0 Å². The third-order valence-corrected chi connectivity index (χ3v) is 5.66. The highest BCUT2D eigenvalue weighted by Crippen LogP contribution is 2.32. The van der Waals surface area contributed by atoms with Crippen LogP contribution in [0.2, 0.25) is 0 Å². The van der Waals surface area contributed by atoms with E-state index < -0.39 is 0 Å². The lowest BCUT2D eigenvalue weighted by molar-refractivity contribution is -0.149. The number of methoxy groups -OCH3 is 1. The summed E-state index contributed by atoms with van der Waals surface area (Å²) >= 11 is 0. The van der Waals surface area contributed by atoms with Gasteiger partial charge in [-0.05, 0) is 39.8 Å². The predicted molar refractivity (Wildman–Crippen MR) is 94.2 cm³/mol. The van der Waals surface area contributed by atoms with E-state index in [1.54, 1.807) is 7.11 Å². The summed E-state index contributed by atoms with van der Waals surface area (Å²) in [6.07, 6.45) is 1.72. The fourth-order valence-electron chi connectivity index (χ4n) is 4.00. The highest BCUT2D eigenvalue weighted by Gasteiger charge is 2.42. The zero-order valence-corrected chi connectivity index (χ0v) is 15.6. The minimum absolute atomic E-state index is 0.271. The zero-order chi connectivity index (χ0) is 17.9. The van der Waals surface area contributed by atoms with Gasteiger partial charge in [-0.25, -0.2) is 0 Å². The molecule has 2 fully saturated rings. The van der Waals surface area contributed by atoms with Gasteiger partial charge in [-0.2, -0.15) is 0 Å². The van der Waals surface area contributed by atoms with Gasteiger partial charge in [-0.3, -0.25) is 9.69 Å². The lowest BCUT2D eigenvalue weighted by Gasteiger charge is -2.42. The Hall–Kier alpha value is -1.44. The molecule has 2 saturated heterocycles. The number of ether oxygens (including phenoxy) is 1. The first kappa shape index (κ1) is 18.4. The first-order valence-corrected chi connectivity index (χ1v) is 9.19. The minimum Gasteiger partial charge on any atom is -0.384 e. The number of nitrogens with zero attached hydrogens (tertiary/aromatic N) is 3. The summed E-state index contributed by atoms with van der Waals surface area (Å²) in [4.78, 5) is 17.6. The van der Waals surface area contributed by atoms with Gasteiger partial charge in [0.15, 0.2) is 0 Å². The van der Waals surface area contributed by atoms with E-state index in [0.29, 0.717) is 6.61 Å². The van der Waals surface area contributed by atoms with Crippen molar-refractivity contribution < 1.29 is 14.1 Å². The molecular weight excluding hydrogens is 320 g/mol. The number of nitrogens with one attached hydrogen (secondary N) is 1. The largest absolute Gasteiger partial charge is 0.384 e. The number of piperidine rings is 1. The molecule has 1 amide bonds. The molecule has 0 saturated carbocycles. The average Bonchev–Trinajstić information content (AvgIpc) is 2.95. The van der Waals surface area contributed by atoms with E-state index in [1.165, 1.54) is 5.56 Å².